The minimum absolute atomic E-state index is 0.390. The topological polar surface area (TPSA) is 12.9 Å². The minimum Gasteiger partial charge on any atom is -0.251 e. The van der Waals surface area contributed by atoms with E-state index in [4.69, 9.17) is 0 Å². The van der Waals surface area contributed by atoms with Crippen LogP contribution in [0, 0.1) is 17.8 Å². The molecule has 2 aliphatic rings. The van der Waals surface area contributed by atoms with Crippen molar-refractivity contribution in [1.82, 2.24) is 4.98 Å². The largest absolute Gasteiger partial charge is 0.433 e. The van der Waals surface area contributed by atoms with Crippen LogP contribution in [0.5, 0.6) is 0 Å². The van der Waals surface area contributed by atoms with Crippen LogP contribution in [-0.2, 0) is 6.18 Å². The van der Waals surface area contributed by atoms with Crippen molar-refractivity contribution in [3.05, 3.63) is 29.6 Å². The van der Waals surface area contributed by atoms with Crippen molar-refractivity contribution >= 4 is 0 Å². The molecule has 0 saturated heterocycles. The Hall–Kier alpha value is -1.06. The number of hydrogen-bond acceptors (Lipinski definition) is 1. The van der Waals surface area contributed by atoms with Gasteiger partial charge in [-0.2, -0.15) is 13.2 Å². The first kappa shape index (κ1) is 20.7. The van der Waals surface area contributed by atoms with Crippen molar-refractivity contribution in [2.45, 2.75) is 96.1 Å². The molecule has 0 spiro atoms. The van der Waals surface area contributed by atoms with Gasteiger partial charge >= 0.3 is 6.18 Å². The second-order valence-electron chi connectivity index (χ2n) is 8.86. The summed E-state index contributed by atoms with van der Waals surface area (Å²) in [5.74, 6) is 3.07. The smallest absolute Gasteiger partial charge is 0.251 e. The van der Waals surface area contributed by atoms with Crippen molar-refractivity contribution < 1.29 is 13.2 Å². The third-order valence-corrected chi connectivity index (χ3v) is 7.09. The first-order chi connectivity index (χ1) is 13.0. The van der Waals surface area contributed by atoms with Gasteiger partial charge in [0.2, 0.25) is 0 Å². The third kappa shape index (κ3) is 5.71. The van der Waals surface area contributed by atoms with Crippen molar-refractivity contribution in [2.24, 2.45) is 17.8 Å². The molecule has 0 atom stereocenters. The van der Waals surface area contributed by atoms with Gasteiger partial charge in [0.1, 0.15) is 5.69 Å². The third-order valence-electron chi connectivity index (χ3n) is 7.09. The van der Waals surface area contributed by atoms with Crippen LogP contribution in [0.25, 0.3) is 0 Å². The highest BCUT2D eigenvalue weighted by atomic mass is 19.4. The van der Waals surface area contributed by atoms with Gasteiger partial charge in [0.15, 0.2) is 0 Å². The van der Waals surface area contributed by atoms with E-state index in [1.54, 1.807) is 6.07 Å². The summed E-state index contributed by atoms with van der Waals surface area (Å²) < 4.78 is 38.0. The summed E-state index contributed by atoms with van der Waals surface area (Å²) in [6.07, 6.45) is 12.9. The van der Waals surface area contributed by atoms with Gasteiger partial charge in [-0.05, 0) is 73.8 Å². The molecule has 0 unspecified atom stereocenters. The molecule has 27 heavy (non-hydrogen) atoms. The average molecular weight is 382 g/mol. The molecule has 152 valence electrons. The van der Waals surface area contributed by atoms with Gasteiger partial charge in [0, 0.05) is 6.20 Å². The fourth-order valence-corrected chi connectivity index (χ4v) is 5.37. The molecule has 1 aromatic heterocycles. The molecule has 4 heteroatoms. The van der Waals surface area contributed by atoms with Crippen molar-refractivity contribution in [3.8, 4) is 0 Å². The van der Waals surface area contributed by atoms with E-state index in [1.165, 1.54) is 70.4 Å². The van der Waals surface area contributed by atoms with Gasteiger partial charge in [-0.1, -0.05) is 51.5 Å². The standard InChI is InChI=1S/C23H34F3N/c1-2-3-4-5-17-6-8-18(9-7-17)19-10-12-20(13-11-19)21-14-15-22(27-16-21)23(24,25)26/h14-20H,2-13H2,1H3/t17-,18-,19?,20?. The van der Waals surface area contributed by atoms with Crippen molar-refractivity contribution in [1.29, 1.82) is 0 Å². The second-order valence-corrected chi connectivity index (χ2v) is 8.86. The monoisotopic (exact) mass is 381 g/mol. The fraction of sp³-hybridized carbons (Fsp3) is 0.783. The highest BCUT2D eigenvalue weighted by molar-refractivity contribution is 5.20. The summed E-state index contributed by atoms with van der Waals surface area (Å²) in [6.45, 7) is 2.27. The van der Waals surface area contributed by atoms with Gasteiger partial charge in [0.25, 0.3) is 0 Å². The van der Waals surface area contributed by atoms with Crippen LogP contribution < -0.4 is 0 Å². The first-order valence-electron chi connectivity index (χ1n) is 11.0. The fourth-order valence-electron chi connectivity index (χ4n) is 5.37. The predicted molar refractivity (Wildman–Crippen MR) is 104 cm³/mol. The van der Waals surface area contributed by atoms with Gasteiger partial charge in [-0.25, -0.2) is 0 Å². The SMILES string of the molecule is CCCCC[C@H]1CC[C@H](C2CCC(c3ccc(C(F)(F)F)nc3)CC2)CC1. The van der Waals surface area contributed by atoms with E-state index in [9.17, 15) is 13.2 Å². The van der Waals surface area contributed by atoms with Crippen LogP contribution in [0.3, 0.4) is 0 Å². The zero-order valence-electron chi connectivity index (χ0n) is 16.6. The van der Waals surface area contributed by atoms with Crippen LogP contribution in [0.15, 0.2) is 18.3 Å². The number of pyridine rings is 1. The summed E-state index contributed by atoms with van der Waals surface area (Å²) in [6, 6.07) is 2.78. The molecule has 3 rings (SSSR count). The molecule has 1 nitrogen and oxygen atoms in total. The Morgan fingerprint density at radius 1 is 0.889 bits per heavy atom. The number of hydrogen-bond donors (Lipinski definition) is 0. The predicted octanol–water partition coefficient (Wildman–Crippen LogP) is 7.76. The lowest BCUT2D eigenvalue weighted by molar-refractivity contribution is -0.141. The summed E-state index contributed by atoms with van der Waals surface area (Å²) >= 11 is 0. The van der Waals surface area contributed by atoms with E-state index in [1.807, 2.05) is 0 Å². The van der Waals surface area contributed by atoms with E-state index < -0.39 is 11.9 Å². The summed E-state index contributed by atoms with van der Waals surface area (Å²) in [7, 11) is 0. The van der Waals surface area contributed by atoms with Crippen LogP contribution in [0.4, 0.5) is 13.2 Å². The number of alkyl halides is 3. The highest BCUT2D eigenvalue weighted by Gasteiger charge is 2.33. The van der Waals surface area contributed by atoms with E-state index >= 15 is 0 Å². The highest BCUT2D eigenvalue weighted by Crippen LogP contribution is 2.44. The number of aromatic nitrogens is 1. The molecule has 1 heterocycles. The van der Waals surface area contributed by atoms with Gasteiger partial charge in [-0.15, -0.1) is 0 Å². The Morgan fingerprint density at radius 2 is 1.52 bits per heavy atom. The molecule has 0 N–H and O–H groups in total. The number of unbranched alkanes of at least 4 members (excludes halogenated alkanes) is 2. The van der Waals surface area contributed by atoms with Gasteiger partial charge in [0.05, 0.1) is 0 Å². The van der Waals surface area contributed by atoms with Crippen LogP contribution in [0.1, 0.15) is 101 Å². The molecule has 0 amide bonds. The maximum atomic E-state index is 12.7. The molecule has 0 bridgehead atoms. The molecule has 0 aromatic carbocycles. The number of nitrogens with zero attached hydrogens (tertiary/aromatic N) is 1. The van der Waals surface area contributed by atoms with E-state index in [0.29, 0.717) is 5.92 Å². The minimum atomic E-state index is -4.34. The maximum absolute atomic E-state index is 12.7. The van der Waals surface area contributed by atoms with Crippen LogP contribution >= 0.6 is 0 Å². The van der Waals surface area contributed by atoms with Crippen LogP contribution in [-0.4, -0.2) is 4.98 Å². The Labute approximate surface area is 162 Å². The van der Waals surface area contributed by atoms with Crippen molar-refractivity contribution in [3.63, 3.8) is 0 Å². The lowest BCUT2D eigenvalue weighted by Crippen LogP contribution is -2.25. The van der Waals surface area contributed by atoms with E-state index in [2.05, 4.69) is 11.9 Å². The first-order valence-corrected chi connectivity index (χ1v) is 11.0. The Bertz CT molecular complexity index is 550. The maximum Gasteiger partial charge on any atom is 0.433 e. The molecule has 2 saturated carbocycles. The molecule has 2 aliphatic carbocycles. The molecule has 0 radical (unpaired) electrons. The Balaban J connectivity index is 1.43. The summed E-state index contributed by atoms with van der Waals surface area (Å²) in [4.78, 5) is 3.65. The normalized spacial score (nSPS) is 29.6. The van der Waals surface area contributed by atoms with E-state index in [0.717, 1.165) is 42.2 Å². The zero-order valence-corrected chi connectivity index (χ0v) is 16.6. The summed E-state index contributed by atoms with van der Waals surface area (Å²) in [5.41, 5.74) is 0.205. The molecule has 2 fully saturated rings. The average Bonchev–Trinajstić information content (AvgIpc) is 2.68. The quantitative estimate of drug-likeness (QED) is 0.459. The lowest BCUT2D eigenvalue weighted by Gasteiger charge is -2.38. The van der Waals surface area contributed by atoms with Gasteiger partial charge in [-0.3, -0.25) is 4.98 Å². The second kappa shape index (κ2) is 9.43. The Kier molecular flexibility index (Phi) is 7.22. The summed E-state index contributed by atoms with van der Waals surface area (Å²) in [5, 5.41) is 0. The number of rotatable bonds is 6. The molecular formula is C23H34F3N. The molecule has 1 aromatic rings. The Morgan fingerprint density at radius 3 is 2.04 bits per heavy atom. The van der Waals surface area contributed by atoms with Gasteiger partial charge < -0.3 is 0 Å². The lowest BCUT2D eigenvalue weighted by atomic mass is 9.68. The van der Waals surface area contributed by atoms with Crippen molar-refractivity contribution in [2.75, 3.05) is 0 Å². The zero-order chi connectivity index (χ0) is 19.3. The molecular weight excluding hydrogens is 347 g/mol. The van der Waals surface area contributed by atoms with Crippen LogP contribution in [0.2, 0.25) is 0 Å². The molecule has 0 aliphatic heterocycles. The van der Waals surface area contributed by atoms with E-state index in [-0.39, 0.29) is 0 Å². The number of halogens is 3.